The summed E-state index contributed by atoms with van der Waals surface area (Å²) in [5.41, 5.74) is 5.21. The van der Waals surface area contributed by atoms with Crippen molar-refractivity contribution in [2.75, 3.05) is 11.9 Å². The summed E-state index contributed by atoms with van der Waals surface area (Å²) in [4.78, 5) is 8.49. The average molecular weight is 894 g/mol. The fraction of sp³-hybridized carbons (Fsp3) is 0.0588. The van der Waals surface area contributed by atoms with Gasteiger partial charge in [0.25, 0.3) is 0 Å². The Morgan fingerprint density at radius 1 is 0.902 bits per heavy atom. The number of rotatable bonds is 5. The van der Waals surface area contributed by atoms with E-state index in [0.717, 1.165) is 22.4 Å². The van der Waals surface area contributed by atoms with E-state index in [1.54, 1.807) is 23.0 Å². The Hall–Kier alpha value is -3.83. The third-order valence-corrected chi connectivity index (χ3v) is 5.70. The average Bonchev–Trinajstić information content (AvgIpc) is 3.67. The molecule has 41 heavy (non-hydrogen) atoms. The van der Waals surface area contributed by atoms with Crippen LogP contribution in [-0.4, -0.2) is 21.5 Å². The van der Waals surface area contributed by atoms with Gasteiger partial charge in [0.1, 0.15) is 0 Å². The van der Waals surface area contributed by atoms with Gasteiger partial charge in [-0.05, 0) is 37.8 Å². The molecule has 0 atom stereocenters. The fourth-order valence-electron chi connectivity index (χ4n) is 3.79. The molecule has 0 bridgehead atoms. The van der Waals surface area contributed by atoms with Crippen LogP contribution in [0.4, 0.5) is 5.69 Å². The molecule has 0 spiro atoms. The van der Waals surface area contributed by atoms with E-state index in [2.05, 4.69) is 41.4 Å². The van der Waals surface area contributed by atoms with Crippen LogP contribution in [0.25, 0.3) is 22.4 Å². The molecule has 7 heteroatoms. The number of aryl methyl sites for hydroxylation is 1. The minimum Gasteiger partial charge on any atom is -0.669 e. The van der Waals surface area contributed by atoms with Crippen molar-refractivity contribution in [1.82, 2.24) is 14.5 Å². The SMILES string of the molecule is Cc1cnc(-c2[c-]ccc(Oc3[c-]c(N4C=CN(C)[CH-]4)ccc3)[c-]2)[c-]c1-c1[c-]cccc1.[C-]#Cn1cccc1.[Pt+4].[Pt]. The largest absolute Gasteiger partial charge is 4.00 e. The van der Waals surface area contributed by atoms with Crippen LogP contribution in [0.2, 0.25) is 0 Å². The molecule has 0 fully saturated rings. The summed E-state index contributed by atoms with van der Waals surface area (Å²) in [5, 5.41) is 0. The maximum atomic E-state index is 6.57. The minimum atomic E-state index is 0. The first-order chi connectivity index (χ1) is 19.1. The maximum Gasteiger partial charge on any atom is 4.00 e. The van der Waals surface area contributed by atoms with Crippen molar-refractivity contribution >= 4 is 5.69 Å². The molecule has 208 valence electrons. The second-order valence-electron chi connectivity index (χ2n) is 8.60. The van der Waals surface area contributed by atoms with Crippen LogP contribution in [-0.2, 0) is 42.1 Å². The number of ether oxygens (including phenoxy) is 1. The van der Waals surface area contributed by atoms with E-state index < -0.39 is 0 Å². The molecule has 0 unspecified atom stereocenters. The van der Waals surface area contributed by atoms with Crippen molar-refractivity contribution in [2.45, 2.75) is 6.92 Å². The molecule has 3 heterocycles. The molecule has 0 N–H and O–H groups in total. The Morgan fingerprint density at radius 3 is 2.39 bits per heavy atom. The third-order valence-electron chi connectivity index (χ3n) is 5.70. The summed E-state index contributed by atoms with van der Waals surface area (Å²) in [6, 6.07) is 39.5. The Bertz CT molecular complexity index is 1610. The summed E-state index contributed by atoms with van der Waals surface area (Å²) in [7, 11) is 1.98. The van der Waals surface area contributed by atoms with Gasteiger partial charge >= 0.3 is 21.1 Å². The monoisotopic (exact) mass is 893 g/mol. The number of benzene rings is 3. The third kappa shape index (κ3) is 8.34. The van der Waals surface area contributed by atoms with E-state index in [0.29, 0.717) is 22.8 Å². The summed E-state index contributed by atoms with van der Waals surface area (Å²) in [6.45, 7) is 3.99. The number of nitrogens with zero attached hydrogens (tertiary/aromatic N) is 4. The minimum absolute atomic E-state index is 0. The predicted molar refractivity (Wildman–Crippen MR) is 151 cm³/mol. The van der Waals surface area contributed by atoms with Gasteiger partial charge in [-0.15, -0.1) is 30.0 Å². The topological polar surface area (TPSA) is 33.5 Å². The summed E-state index contributed by atoms with van der Waals surface area (Å²) in [5.74, 6) is 1.17. The second kappa shape index (κ2) is 15.2. The predicted octanol–water partition coefficient (Wildman–Crippen LogP) is 6.74. The maximum absolute atomic E-state index is 6.57. The van der Waals surface area contributed by atoms with Gasteiger partial charge in [-0.2, -0.15) is 54.3 Å². The first kappa shape index (κ1) is 31.7. The molecule has 0 aliphatic carbocycles. The molecule has 2 aromatic heterocycles. The summed E-state index contributed by atoms with van der Waals surface area (Å²) in [6.07, 6.45) is 15.9. The van der Waals surface area contributed by atoms with Crippen molar-refractivity contribution in [2.24, 2.45) is 0 Å². The molecular formula is C34H23N4OPt2-3. The van der Waals surface area contributed by atoms with Crippen LogP contribution in [0.3, 0.4) is 0 Å². The molecule has 1 aliphatic heterocycles. The Kier molecular flexibility index (Phi) is 11.8. The molecule has 0 radical (unpaired) electrons. The Balaban J connectivity index is 0.000000452. The first-order valence-corrected chi connectivity index (χ1v) is 12.2. The van der Waals surface area contributed by atoms with Crippen molar-refractivity contribution in [1.29, 1.82) is 0 Å². The van der Waals surface area contributed by atoms with Crippen LogP contribution in [0.5, 0.6) is 11.5 Å². The van der Waals surface area contributed by atoms with Gasteiger partial charge in [-0.1, -0.05) is 12.7 Å². The quantitative estimate of drug-likeness (QED) is 0.145. The number of anilines is 1. The van der Waals surface area contributed by atoms with Gasteiger partial charge < -0.3 is 42.1 Å². The van der Waals surface area contributed by atoms with Crippen LogP contribution in [0, 0.1) is 56.4 Å². The summed E-state index contributed by atoms with van der Waals surface area (Å²) >= 11 is 0. The van der Waals surface area contributed by atoms with Gasteiger partial charge in [-0.3, -0.25) is 12.1 Å². The summed E-state index contributed by atoms with van der Waals surface area (Å²) < 4.78 is 7.59. The molecule has 0 saturated carbocycles. The normalized spacial score (nSPS) is 11.4. The molecule has 5 aromatic rings. The molecule has 3 aromatic carbocycles. The zero-order valence-electron chi connectivity index (χ0n) is 22.1. The molecule has 1 aliphatic rings. The number of hydrogen-bond acceptors (Lipinski definition) is 4. The number of hydrogen-bond donors (Lipinski definition) is 0. The standard InChI is InChI=1S/C28H19N3O.C6H4N.2Pt/c1-21-19-29-28(18-27(21)22-8-4-3-5-9-22)23-10-6-12-25(16-23)32-26-13-7-11-24(17-26)31-15-14-30(2)20-31;1-2-7-5-3-4-6-7;;/h3-8,11-15,19-20H,1-2H3;3-6H;;/q-6;-1;;+4. The fourth-order valence-corrected chi connectivity index (χ4v) is 3.79. The van der Waals surface area contributed by atoms with Gasteiger partial charge in [0.05, 0.1) is 0 Å². The van der Waals surface area contributed by atoms with Gasteiger partial charge in [0.15, 0.2) is 0 Å². The van der Waals surface area contributed by atoms with Crippen molar-refractivity contribution < 1.29 is 46.9 Å². The van der Waals surface area contributed by atoms with Gasteiger partial charge in [-0.25, -0.2) is 23.2 Å². The Morgan fingerprint density at radius 2 is 1.71 bits per heavy atom. The number of aromatic nitrogens is 2. The van der Waals surface area contributed by atoms with E-state index in [9.17, 15) is 0 Å². The van der Waals surface area contributed by atoms with Crippen LogP contribution >= 0.6 is 0 Å². The molecular weight excluding hydrogens is 871 g/mol. The molecule has 5 nitrogen and oxygen atoms in total. The zero-order chi connectivity index (χ0) is 27.0. The van der Waals surface area contributed by atoms with Crippen LogP contribution in [0.15, 0.2) is 97.7 Å². The smallest absolute Gasteiger partial charge is 0.669 e. The van der Waals surface area contributed by atoms with E-state index in [4.69, 9.17) is 11.2 Å². The second-order valence-corrected chi connectivity index (χ2v) is 8.60. The number of pyridine rings is 1. The molecule has 0 amide bonds. The van der Waals surface area contributed by atoms with Crippen LogP contribution < -0.4 is 9.64 Å². The first-order valence-electron chi connectivity index (χ1n) is 12.2. The molecule has 0 saturated heterocycles. The van der Waals surface area contributed by atoms with E-state index in [1.807, 2.05) is 110 Å². The van der Waals surface area contributed by atoms with Crippen LogP contribution in [0.1, 0.15) is 5.56 Å². The zero-order valence-corrected chi connectivity index (χ0v) is 26.7. The van der Waals surface area contributed by atoms with Gasteiger partial charge in [0.2, 0.25) is 0 Å². The van der Waals surface area contributed by atoms with Crippen molar-refractivity contribution in [3.8, 4) is 39.9 Å². The Labute approximate surface area is 271 Å². The van der Waals surface area contributed by atoms with Crippen molar-refractivity contribution in [3.63, 3.8) is 0 Å². The van der Waals surface area contributed by atoms with E-state index >= 15 is 0 Å². The van der Waals surface area contributed by atoms with Gasteiger partial charge in [0, 0.05) is 39.2 Å². The van der Waals surface area contributed by atoms with E-state index in [-0.39, 0.29) is 42.1 Å². The molecule has 6 rings (SSSR count). The van der Waals surface area contributed by atoms with Crippen molar-refractivity contribution in [3.05, 3.63) is 147 Å². The van der Waals surface area contributed by atoms with E-state index in [1.165, 1.54) is 0 Å².